The molecule has 2 aromatic rings. The Morgan fingerprint density at radius 3 is 2.33 bits per heavy atom. The molecule has 0 saturated carbocycles. The zero-order valence-corrected chi connectivity index (χ0v) is 12.9. The summed E-state index contributed by atoms with van der Waals surface area (Å²) in [5, 5.41) is 20.0. The van der Waals surface area contributed by atoms with Crippen molar-refractivity contribution >= 4 is 17.6 Å². The third-order valence-electron chi connectivity index (χ3n) is 3.22. The molecule has 24 heavy (non-hydrogen) atoms. The highest BCUT2D eigenvalue weighted by molar-refractivity contribution is 5.90. The summed E-state index contributed by atoms with van der Waals surface area (Å²) < 4.78 is 5.02. The number of rotatable bonds is 7. The number of nitriles is 1. The van der Waals surface area contributed by atoms with Crippen LogP contribution in [0.4, 0.5) is 5.69 Å². The predicted octanol–water partition coefficient (Wildman–Crippen LogP) is 2.59. The third-order valence-corrected chi connectivity index (χ3v) is 3.22. The Hall–Kier alpha value is -3.33. The van der Waals surface area contributed by atoms with Crippen LogP contribution in [-0.2, 0) is 16.0 Å². The molecule has 2 aromatic carbocycles. The molecule has 0 bridgehead atoms. The van der Waals surface area contributed by atoms with Crippen LogP contribution in [0, 0.1) is 11.3 Å². The van der Waals surface area contributed by atoms with Gasteiger partial charge >= 0.3 is 5.97 Å². The van der Waals surface area contributed by atoms with Crippen molar-refractivity contribution in [2.24, 2.45) is 0 Å². The van der Waals surface area contributed by atoms with E-state index in [1.807, 2.05) is 18.2 Å². The summed E-state index contributed by atoms with van der Waals surface area (Å²) in [7, 11) is 0. The summed E-state index contributed by atoms with van der Waals surface area (Å²) in [6.45, 7) is -0.406. The van der Waals surface area contributed by atoms with Gasteiger partial charge in [-0.3, -0.25) is 4.79 Å². The number of amides is 1. The van der Waals surface area contributed by atoms with Gasteiger partial charge in [0.15, 0.2) is 6.61 Å². The zero-order chi connectivity index (χ0) is 17.4. The summed E-state index contributed by atoms with van der Waals surface area (Å²) in [5.41, 5.74) is 2.19. The van der Waals surface area contributed by atoms with Crippen molar-refractivity contribution in [1.29, 1.82) is 5.26 Å². The van der Waals surface area contributed by atoms with Gasteiger partial charge in [-0.2, -0.15) is 5.26 Å². The number of carboxylic acids is 1. The Bertz CT molecular complexity index is 746. The average molecular weight is 324 g/mol. The molecule has 6 heteroatoms. The quantitative estimate of drug-likeness (QED) is 0.815. The lowest BCUT2D eigenvalue weighted by Crippen LogP contribution is -2.12. The Balaban J connectivity index is 1.81. The molecule has 0 fully saturated rings. The lowest BCUT2D eigenvalue weighted by atomic mass is 10.1. The Labute approximate surface area is 139 Å². The van der Waals surface area contributed by atoms with Crippen LogP contribution in [0.5, 0.6) is 5.75 Å². The molecule has 0 aromatic heterocycles. The van der Waals surface area contributed by atoms with Crippen molar-refractivity contribution in [2.75, 3.05) is 11.9 Å². The van der Waals surface area contributed by atoms with Crippen LogP contribution in [0.3, 0.4) is 0 Å². The van der Waals surface area contributed by atoms with Crippen molar-refractivity contribution in [3.8, 4) is 11.8 Å². The molecule has 0 heterocycles. The van der Waals surface area contributed by atoms with Gasteiger partial charge in [-0.25, -0.2) is 4.79 Å². The van der Waals surface area contributed by atoms with Gasteiger partial charge in [0.2, 0.25) is 5.91 Å². The van der Waals surface area contributed by atoms with E-state index in [4.69, 9.17) is 15.1 Å². The fraction of sp³-hybridized carbons (Fsp3) is 0.167. The highest BCUT2D eigenvalue weighted by Gasteiger charge is 2.05. The van der Waals surface area contributed by atoms with E-state index in [2.05, 4.69) is 5.32 Å². The molecule has 0 saturated heterocycles. The molecule has 0 aliphatic rings. The SMILES string of the molecule is N#Cc1ccc(CCC(=O)Nc2ccc(OCC(=O)O)cc2)cc1. The lowest BCUT2D eigenvalue weighted by Gasteiger charge is -2.07. The molecule has 6 nitrogen and oxygen atoms in total. The largest absolute Gasteiger partial charge is 0.482 e. The van der Waals surface area contributed by atoms with Gasteiger partial charge in [0, 0.05) is 12.1 Å². The number of hydrogen-bond acceptors (Lipinski definition) is 4. The van der Waals surface area contributed by atoms with Crippen LogP contribution in [0.2, 0.25) is 0 Å². The van der Waals surface area contributed by atoms with E-state index in [0.29, 0.717) is 29.8 Å². The van der Waals surface area contributed by atoms with Crippen LogP contribution >= 0.6 is 0 Å². The second kappa shape index (κ2) is 8.34. The number of aliphatic carboxylic acids is 1. The first-order chi connectivity index (χ1) is 11.6. The van der Waals surface area contributed by atoms with E-state index in [1.165, 1.54) is 0 Å². The van der Waals surface area contributed by atoms with E-state index < -0.39 is 12.6 Å². The molecule has 0 spiro atoms. The molecule has 0 radical (unpaired) electrons. The van der Waals surface area contributed by atoms with Gasteiger partial charge in [0.05, 0.1) is 11.6 Å². The van der Waals surface area contributed by atoms with Gasteiger partial charge in [-0.15, -0.1) is 0 Å². The fourth-order valence-corrected chi connectivity index (χ4v) is 2.01. The lowest BCUT2D eigenvalue weighted by molar-refractivity contribution is -0.139. The normalized spacial score (nSPS) is 9.79. The Kier molecular flexibility index (Phi) is 5.92. The number of carbonyl (C=O) groups is 2. The average Bonchev–Trinajstić information content (AvgIpc) is 2.60. The third kappa shape index (κ3) is 5.46. The topological polar surface area (TPSA) is 99.4 Å². The molecule has 2 rings (SSSR count). The second-order valence-corrected chi connectivity index (χ2v) is 5.06. The maximum atomic E-state index is 11.9. The van der Waals surface area contributed by atoms with E-state index in [0.717, 1.165) is 5.56 Å². The molecule has 0 aliphatic carbocycles. The number of carbonyl (C=O) groups excluding carboxylic acids is 1. The number of nitrogens with one attached hydrogen (secondary N) is 1. The number of hydrogen-bond donors (Lipinski definition) is 2. The first-order valence-electron chi connectivity index (χ1n) is 7.30. The van der Waals surface area contributed by atoms with Crippen LogP contribution in [0.25, 0.3) is 0 Å². The first kappa shape index (κ1) is 17.0. The summed E-state index contributed by atoms with van der Waals surface area (Å²) in [6, 6.07) is 15.7. The van der Waals surface area contributed by atoms with Crippen LogP contribution in [-0.4, -0.2) is 23.6 Å². The number of benzene rings is 2. The zero-order valence-electron chi connectivity index (χ0n) is 12.9. The molecule has 2 N–H and O–H groups in total. The minimum absolute atomic E-state index is 0.126. The van der Waals surface area contributed by atoms with Crippen molar-refractivity contribution in [3.63, 3.8) is 0 Å². The van der Waals surface area contributed by atoms with E-state index in [1.54, 1.807) is 36.4 Å². The van der Waals surface area contributed by atoms with Crippen LogP contribution in [0.1, 0.15) is 17.5 Å². The summed E-state index contributed by atoms with van der Waals surface area (Å²) in [5.74, 6) is -0.748. The number of aryl methyl sites for hydroxylation is 1. The van der Waals surface area contributed by atoms with Gasteiger partial charge in [-0.05, 0) is 48.4 Å². The minimum Gasteiger partial charge on any atom is -0.482 e. The Morgan fingerprint density at radius 2 is 1.75 bits per heavy atom. The van der Waals surface area contributed by atoms with Crippen LogP contribution < -0.4 is 10.1 Å². The molecular formula is C18H16N2O4. The second-order valence-electron chi connectivity index (χ2n) is 5.06. The standard InChI is InChI=1S/C18H16N2O4/c19-11-14-3-1-13(2-4-14)5-10-17(21)20-15-6-8-16(9-7-15)24-12-18(22)23/h1-4,6-9H,5,10,12H2,(H,20,21)(H,22,23). The number of ether oxygens (including phenoxy) is 1. The molecule has 122 valence electrons. The first-order valence-corrected chi connectivity index (χ1v) is 7.30. The highest BCUT2D eigenvalue weighted by atomic mass is 16.5. The maximum Gasteiger partial charge on any atom is 0.341 e. The number of carboxylic acid groups (broad SMARTS) is 1. The monoisotopic (exact) mass is 324 g/mol. The number of nitrogens with zero attached hydrogens (tertiary/aromatic N) is 1. The molecular weight excluding hydrogens is 308 g/mol. The molecule has 0 atom stereocenters. The van der Waals surface area contributed by atoms with Crippen molar-refractivity contribution in [1.82, 2.24) is 0 Å². The highest BCUT2D eigenvalue weighted by Crippen LogP contribution is 2.16. The Morgan fingerprint density at radius 1 is 1.08 bits per heavy atom. The van der Waals surface area contributed by atoms with E-state index in [9.17, 15) is 9.59 Å². The summed E-state index contributed by atoms with van der Waals surface area (Å²) >= 11 is 0. The minimum atomic E-state index is -1.05. The van der Waals surface area contributed by atoms with Gasteiger partial charge in [0.1, 0.15) is 5.75 Å². The molecule has 1 amide bonds. The van der Waals surface area contributed by atoms with Gasteiger partial charge in [-0.1, -0.05) is 12.1 Å². The van der Waals surface area contributed by atoms with E-state index in [-0.39, 0.29) is 5.91 Å². The van der Waals surface area contributed by atoms with Crippen molar-refractivity contribution in [2.45, 2.75) is 12.8 Å². The fourth-order valence-electron chi connectivity index (χ4n) is 2.01. The maximum absolute atomic E-state index is 11.9. The van der Waals surface area contributed by atoms with E-state index >= 15 is 0 Å². The molecule has 0 aliphatic heterocycles. The van der Waals surface area contributed by atoms with Crippen LogP contribution in [0.15, 0.2) is 48.5 Å². The molecule has 0 unspecified atom stereocenters. The van der Waals surface area contributed by atoms with Gasteiger partial charge < -0.3 is 15.2 Å². The summed E-state index contributed by atoms with van der Waals surface area (Å²) in [6.07, 6.45) is 0.903. The number of anilines is 1. The van der Waals surface area contributed by atoms with Crippen molar-refractivity contribution in [3.05, 3.63) is 59.7 Å². The summed E-state index contributed by atoms with van der Waals surface area (Å²) in [4.78, 5) is 22.3. The smallest absolute Gasteiger partial charge is 0.341 e. The van der Waals surface area contributed by atoms with Gasteiger partial charge in [0.25, 0.3) is 0 Å². The van der Waals surface area contributed by atoms with Crippen molar-refractivity contribution < 1.29 is 19.4 Å². The predicted molar refractivity (Wildman–Crippen MR) is 87.7 cm³/mol.